The van der Waals surface area contributed by atoms with Crippen molar-refractivity contribution in [2.24, 2.45) is 16.6 Å². The van der Waals surface area contributed by atoms with Gasteiger partial charge in [-0.1, -0.05) is 32.0 Å². The highest BCUT2D eigenvalue weighted by Gasteiger charge is 2.34. The first-order valence-corrected chi connectivity index (χ1v) is 8.79. The van der Waals surface area contributed by atoms with Gasteiger partial charge in [0.2, 0.25) is 0 Å². The van der Waals surface area contributed by atoms with Crippen molar-refractivity contribution in [2.75, 3.05) is 31.5 Å². The number of benzene rings is 1. The first-order valence-electron chi connectivity index (χ1n) is 8.79. The van der Waals surface area contributed by atoms with Gasteiger partial charge in [-0.3, -0.25) is 9.89 Å². The Labute approximate surface area is 170 Å². The summed E-state index contributed by atoms with van der Waals surface area (Å²) in [5.41, 5.74) is 9.36. The topological polar surface area (TPSA) is 53.6 Å². The number of nitrogens with one attached hydrogen (secondary N) is 1. The van der Waals surface area contributed by atoms with E-state index >= 15 is 0 Å². The molecule has 1 aliphatic heterocycles. The first kappa shape index (κ1) is 23.0. The lowest BCUT2D eigenvalue weighted by molar-refractivity contribution is -0.143. The molecule has 2 rings (SSSR count). The second-order valence-corrected chi connectivity index (χ2v) is 6.51. The van der Waals surface area contributed by atoms with E-state index in [0.29, 0.717) is 25.6 Å². The lowest BCUT2D eigenvalue weighted by Crippen LogP contribution is -2.32. The Bertz CT molecular complexity index is 582. The molecule has 0 radical (unpaired) electrons. The highest BCUT2D eigenvalue weighted by molar-refractivity contribution is 14.0. The Hall–Kier alpha value is -1.03. The zero-order chi connectivity index (χ0) is 18.4. The van der Waals surface area contributed by atoms with Crippen LogP contribution in [-0.2, 0) is 12.8 Å². The Morgan fingerprint density at radius 2 is 1.88 bits per heavy atom. The van der Waals surface area contributed by atoms with Crippen LogP contribution >= 0.6 is 24.0 Å². The minimum atomic E-state index is -4.14. The number of rotatable bonds is 6. The van der Waals surface area contributed by atoms with Crippen molar-refractivity contribution in [3.63, 3.8) is 0 Å². The van der Waals surface area contributed by atoms with Gasteiger partial charge in [0.05, 0.1) is 6.54 Å². The maximum atomic E-state index is 12.4. The summed E-state index contributed by atoms with van der Waals surface area (Å²) < 4.78 is 37.3. The number of aryl methyl sites for hydroxylation is 2. The van der Waals surface area contributed by atoms with Gasteiger partial charge in [-0.2, -0.15) is 13.2 Å². The van der Waals surface area contributed by atoms with Gasteiger partial charge in [-0.15, -0.1) is 24.0 Å². The second-order valence-electron chi connectivity index (χ2n) is 6.51. The number of para-hydroxylation sites is 1. The van der Waals surface area contributed by atoms with Crippen molar-refractivity contribution >= 4 is 35.6 Å². The van der Waals surface area contributed by atoms with E-state index in [1.165, 1.54) is 16.0 Å². The molecule has 1 heterocycles. The molecule has 1 aromatic rings. The molecule has 3 N–H and O–H groups in total. The number of alkyl halides is 3. The van der Waals surface area contributed by atoms with E-state index in [0.717, 1.165) is 24.9 Å². The summed E-state index contributed by atoms with van der Waals surface area (Å²) in [7, 11) is 0. The minimum Gasteiger partial charge on any atom is -0.370 e. The molecule has 1 aromatic carbocycles. The number of hydrogen-bond donors (Lipinski definition) is 2. The van der Waals surface area contributed by atoms with Crippen molar-refractivity contribution in [3.05, 3.63) is 29.3 Å². The lowest BCUT2D eigenvalue weighted by Gasteiger charge is -2.17. The monoisotopic (exact) mass is 484 g/mol. The van der Waals surface area contributed by atoms with Crippen LogP contribution in [-0.4, -0.2) is 43.2 Å². The van der Waals surface area contributed by atoms with Gasteiger partial charge in [0, 0.05) is 18.8 Å². The summed E-state index contributed by atoms with van der Waals surface area (Å²) in [6, 6.07) is 6.14. The Morgan fingerprint density at radius 1 is 1.27 bits per heavy atom. The number of halogens is 4. The van der Waals surface area contributed by atoms with Gasteiger partial charge in [-0.05, 0) is 42.9 Å². The molecule has 1 fully saturated rings. The molecule has 0 aromatic heterocycles. The van der Waals surface area contributed by atoms with Crippen LogP contribution in [0.5, 0.6) is 0 Å². The molecule has 148 valence electrons. The Morgan fingerprint density at radius 3 is 2.42 bits per heavy atom. The molecule has 4 nitrogen and oxygen atoms in total. The fourth-order valence-corrected chi connectivity index (χ4v) is 3.26. The van der Waals surface area contributed by atoms with E-state index in [-0.39, 0.29) is 29.9 Å². The molecule has 0 aliphatic carbocycles. The van der Waals surface area contributed by atoms with Crippen LogP contribution in [0.2, 0.25) is 0 Å². The molecule has 0 saturated carbocycles. The van der Waals surface area contributed by atoms with Gasteiger partial charge < -0.3 is 11.1 Å². The van der Waals surface area contributed by atoms with Crippen molar-refractivity contribution in [3.8, 4) is 0 Å². The van der Waals surface area contributed by atoms with E-state index in [1.54, 1.807) is 0 Å². The van der Waals surface area contributed by atoms with Gasteiger partial charge in [0.15, 0.2) is 5.96 Å². The molecule has 26 heavy (non-hydrogen) atoms. The van der Waals surface area contributed by atoms with Crippen LogP contribution in [0.25, 0.3) is 0 Å². The molecule has 1 aliphatic rings. The summed E-state index contributed by atoms with van der Waals surface area (Å²) in [6.07, 6.45) is -1.64. The largest absolute Gasteiger partial charge is 0.401 e. The highest BCUT2D eigenvalue weighted by Crippen LogP contribution is 2.24. The van der Waals surface area contributed by atoms with E-state index in [9.17, 15) is 13.2 Å². The predicted octanol–water partition coefficient (Wildman–Crippen LogP) is 4.04. The SMILES string of the molecule is CCc1cccc(CC)c1NC(N)=NCC1CCN(CC(F)(F)F)C1.I. The van der Waals surface area contributed by atoms with Crippen molar-refractivity contribution in [1.82, 2.24) is 4.90 Å². The molecule has 1 saturated heterocycles. The number of guanidine groups is 1. The zero-order valence-electron chi connectivity index (χ0n) is 15.3. The molecule has 1 atom stereocenters. The Balaban J connectivity index is 0.00000338. The number of aliphatic imine (C=N–C) groups is 1. The maximum absolute atomic E-state index is 12.4. The molecule has 1 unspecified atom stereocenters. The number of likely N-dealkylation sites (tertiary alicyclic amines) is 1. The van der Waals surface area contributed by atoms with E-state index in [4.69, 9.17) is 5.73 Å². The number of nitrogens with two attached hydrogens (primary N) is 1. The summed E-state index contributed by atoms with van der Waals surface area (Å²) in [4.78, 5) is 5.79. The third-order valence-corrected chi connectivity index (χ3v) is 4.54. The summed E-state index contributed by atoms with van der Waals surface area (Å²) in [5, 5.41) is 3.19. The summed E-state index contributed by atoms with van der Waals surface area (Å²) in [6.45, 7) is 4.66. The summed E-state index contributed by atoms with van der Waals surface area (Å²) in [5.74, 6) is 0.444. The number of nitrogens with zero attached hydrogens (tertiary/aromatic N) is 2. The third kappa shape index (κ3) is 6.94. The number of hydrogen-bond acceptors (Lipinski definition) is 2. The van der Waals surface area contributed by atoms with Gasteiger partial charge >= 0.3 is 6.18 Å². The second kappa shape index (κ2) is 10.3. The van der Waals surface area contributed by atoms with E-state index in [2.05, 4.69) is 36.3 Å². The first-order chi connectivity index (χ1) is 11.8. The van der Waals surface area contributed by atoms with Crippen LogP contribution in [0.1, 0.15) is 31.4 Å². The standard InChI is InChI=1S/C18H27F3N4.HI/c1-3-14-6-5-7-15(4-2)16(14)24-17(22)23-10-13-8-9-25(11-13)12-18(19,20)21;/h5-7,13H,3-4,8-12H2,1-2H3,(H3,22,23,24);1H. The van der Waals surface area contributed by atoms with Crippen LogP contribution in [0.15, 0.2) is 23.2 Å². The molecule has 0 bridgehead atoms. The third-order valence-electron chi connectivity index (χ3n) is 4.54. The predicted molar refractivity (Wildman–Crippen MR) is 111 cm³/mol. The fourth-order valence-electron chi connectivity index (χ4n) is 3.26. The Kier molecular flexibility index (Phi) is 9.15. The molecule has 0 spiro atoms. The van der Waals surface area contributed by atoms with Crippen LogP contribution < -0.4 is 11.1 Å². The number of anilines is 1. The lowest BCUT2D eigenvalue weighted by atomic mass is 10.0. The zero-order valence-corrected chi connectivity index (χ0v) is 17.6. The van der Waals surface area contributed by atoms with Crippen molar-refractivity contribution in [1.29, 1.82) is 0 Å². The average Bonchev–Trinajstić information content (AvgIpc) is 2.98. The minimum absolute atomic E-state index is 0. The van der Waals surface area contributed by atoms with Gasteiger partial charge in [0.25, 0.3) is 0 Å². The fraction of sp³-hybridized carbons (Fsp3) is 0.611. The normalized spacial score (nSPS) is 18.7. The highest BCUT2D eigenvalue weighted by atomic mass is 127. The van der Waals surface area contributed by atoms with Gasteiger partial charge in [0.1, 0.15) is 0 Å². The van der Waals surface area contributed by atoms with E-state index in [1.807, 2.05) is 6.07 Å². The smallest absolute Gasteiger partial charge is 0.370 e. The van der Waals surface area contributed by atoms with Crippen LogP contribution in [0, 0.1) is 5.92 Å². The van der Waals surface area contributed by atoms with Crippen LogP contribution in [0.4, 0.5) is 18.9 Å². The quantitative estimate of drug-likeness (QED) is 0.364. The molecular formula is C18H28F3IN4. The van der Waals surface area contributed by atoms with Crippen molar-refractivity contribution in [2.45, 2.75) is 39.3 Å². The van der Waals surface area contributed by atoms with Crippen molar-refractivity contribution < 1.29 is 13.2 Å². The van der Waals surface area contributed by atoms with Gasteiger partial charge in [-0.25, -0.2) is 0 Å². The molecular weight excluding hydrogens is 456 g/mol. The maximum Gasteiger partial charge on any atom is 0.401 e. The average molecular weight is 484 g/mol. The molecule has 0 amide bonds. The molecule has 8 heteroatoms. The van der Waals surface area contributed by atoms with Crippen LogP contribution in [0.3, 0.4) is 0 Å². The summed E-state index contributed by atoms with van der Waals surface area (Å²) >= 11 is 0. The van der Waals surface area contributed by atoms with E-state index < -0.39 is 12.7 Å².